The molecule has 21 heavy (non-hydrogen) atoms. The van der Waals surface area contributed by atoms with Gasteiger partial charge in [0.25, 0.3) is 0 Å². The first-order valence-electron chi connectivity index (χ1n) is 7.09. The van der Waals surface area contributed by atoms with Crippen LogP contribution in [0.3, 0.4) is 0 Å². The molecule has 1 aliphatic heterocycles. The summed E-state index contributed by atoms with van der Waals surface area (Å²) in [5, 5.41) is 0. The molecule has 2 aromatic rings. The summed E-state index contributed by atoms with van der Waals surface area (Å²) in [5.41, 5.74) is 6.13. The minimum atomic E-state index is -0.368. The summed E-state index contributed by atoms with van der Waals surface area (Å²) in [6.45, 7) is 6.21. The Morgan fingerprint density at radius 3 is 2.33 bits per heavy atom. The third-order valence-corrected chi connectivity index (χ3v) is 4.06. The predicted molar refractivity (Wildman–Crippen MR) is 83.7 cm³/mol. The molecule has 0 N–H and O–H groups in total. The van der Waals surface area contributed by atoms with Crippen molar-refractivity contribution in [2.24, 2.45) is 0 Å². The minimum absolute atomic E-state index is 0.256. The maximum atomic E-state index is 12.3. The molecule has 3 heteroatoms. The predicted octanol–water partition coefficient (Wildman–Crippen LogP) is 3.92. The number of ether oxygens (including phenoxy) is 1. The number of hydrogen-bond donors (Lipinski definition) is 0. The zero-order valence-corrected chi connectivity index (χ0v) is 12.8. The van der Waals surface area contributed by atoms with Crippen molar-refractivity contribution in [1.82, 2.24) is 0 Å². The van der Waals surface area contributed by atoms with Gasteiger partial charge < -0.3 is 9.64 Å². The van der Waals surface area contributed by atoms with E-state index in [9.17, 15) is 4.79 Å². The van der Waals surface area contributed by atoms with Crippen LogP contribution in [0.25, 0.3) is 0 Å². The Hall–Kier alpha value is -2.29. The van der Waals surface area contributed by atoms with E-state index in [4.69, 9.17) is 4.74 Å². The Kier molecular flexibility index (Phi) is 3.20. The molecule has 0 spiro atoms. The third-order valence-electron chi connectivity index (χ3n) is 4.06. The van der Waals surface area contributed by atoms with Gasteiger partial charge in [0.2, 0.25) is 6.23 Å². The first kappa shape index (κ1) is 13.7. The van der Waals surface area contributed by atoms with Crippen molar-refractivity contribution in [2.75, 3.05) is 11.9 Å². The van der Waals surface area contributed by atoms with E-state index in [2.05, 4.69) is 32.9 Å². The van der Waals surface area contributed by atoms with E-state index in [1.807, 2.05) is 30.1 Å². The van der Waals surface area contributed by atoms with Crippen LogP contribution in [0.15, 0.2) is 36.4 Å². The fourth-order valence-electron chi connectivity index (χ4n) is 3.16. The number of benzene rings is 2. The number of anilines is 1. The molecular formula is C18H19NO2. The lowest BCUT2D eigenvalue weighted by molar-refractivity contribution is 0.0261. The molecule has 1 atom stereocenters. The van der Waals surface area contributed by atoms with E-state index in [-0.39, 0.29) is 12.2 Å². The molecule has 1 heterocycles. The highest BCUT2D eigenvalue weighted by atomic mass is 16.6. The van der Waals surface area contributed by atoms with E-state index in [0.29, 0.717) is 5.56 Å². The maximum absolute atomic E-state index is 12.3. The third kappa shape index (κ3) is 2.19. The molecule has 0 saturated heterocycles. The molecule has 0 radical (unpaired) electrons. The van der Waals surface area contributed by atoms with E-state index >= 15 is 0 Å². The highest BCUT2D eigenvalue weighted by Crippen LogP contribution is 2.37. The summed E-state index contributed by atoms with van der Waals surface area (Å²) in [7, 11) is 1.97. The van der Waals surface area contributed by atoms with Gasteiger partial charge in [-0.25, -0.2) is 4.79 Å². The molecule has 0 fully saturated rings. The number of aryl methyl sites for hydroxylation is 3. The van der Waals surface area contributed by atoms with Crippen molar-refractivity contribution in [3.05, 3.63) is 64.2 Å². The highest BCUT2D eigenvalue weighted by Gasteiger charge is 2.32. The van der Waals surface area contributed by atoms with Crippen molar-refractivity contribution < 1.29 is 9.53 Å². The molecule has 0 saturated carbocycles. The van der Waals surface area contributed by atoms with Crippen LogP contribution in [0.4, 0.5) is 5.69 Å². The Morgan fingerprint density at radius 2 is 1.67 bits per heavy atom. The normalized spacial score (nSPS) is 17.4. The number of hydrogen-bond acceptors (Lipinski definition) is 3. The molecule has 1 unspecified atom stereocenters. The second kappa shape index (κ2) is 4.92. The van der Waals surface area contributed by atoms with Gasteiger partial charge in [-0.3, -0.25) is 0 Å². The Balaban J connectivity index is 2.12. The Morgan fingerprint density at radius 1 is 1.05 bits per heavy atom. The number of fused-ring (bicyclic) bond motifs is 1. The molecule has 0 aromatic heterocycles. The van der Waals surface area contributed by atoms with Crippen LogP contribution >= 0.6 is 0 Å². The average Bonchev–Trinajstić information content (AvgIpc) is 2.43. The van der Waals surface area contributed by atoms with Gasteiger partial charge in [-0.2, -0.15) is 0 Å². The summed E-state index contributed by atoms with van der Waals surface area (Å²) in [4.78, 5) is 14.3. The monoisotopic (exact) mass is 281 g/mol. The van der Waals surface area contributed by atoms with Crippen LogP contribution in [0.5, 0.6) is 0 Å². The largest absolute Gasteiger partial charge is 0.433 e. The van der Waals surface area contributed by atoms with Gasteiger partial charge in [-0.15, -0.1) is 0 Å². The first-order valence-corrected chi connectivity index (χ1v) is 7.09. The summed E-state index contributed by atoms with van der Waals surface area (Å²) >= 11 is 0. The number of para-hydroxylation sites is 1. The van der Waals surface area contributed by atoms with Gasteiger partial charge in [-0.05, 0) is 44.0 Å². The van der Waals surface area contributed by atoms with Gasteiger partial charge in [0.15, 0.2) is 0 Å². The standard InChI is InChI=1S/C18H19NO2/c1-11-9-12(2)16(13(3)10-11)17-19(4)15-8-6-5-7-14(15)18(20)21-17/h5-10,17H,1-4H3. The zero-order valence-electron chi connectivity index (χ0n) is 12.8. The second-order valence-electron chi connectivity index (χ2n) is 5.70. The Labute approximate surface area is 125 Å². The highest BCUT2D eigenvalue weighted by molar-refractivity contribution is 5.97. The van der Waals surface area contributed by atoms with Crippen LogP contribution in [0.2, 0.25) is 0 Å². The molecule has 108 valence electrons. The van der Waals surface area contributed by atoms with Crippen molar-refractivity contribution in [3.8, 4) is 0 Å². The van der Waals surface area contributed by atoms with Crippen molar-refractivity contribution in [2.45, 2.75) is 27.0 Å². The molecule has 2 aromatic carbocycles. The molecule has 0 bridgehead atoms. The van der Waals surface area contributed by atoms with Gasteiger partial charge in [0, 0.05) is 12.6 Å². The fraction of sp³-hybridized carbons (Fsp3) is 0.278. The minimum Gasteiger partial charge on any atom is -0.433 e. The number of rotatable bonds is 1. The van der Waals surface area contributed by atoms with E-state index in [1.54, 1.807) is 6.07 Å². The Bertz CT molecular complexity index is 698. The molecule has 3 nitrogen and oxygen atoms in total. The average molecular weight is 281 g/mol. The number of esters is 1. The van der Waals surface area contributed by atoms with Crippen LogP contribution in [-0.2, 0) is 4.74 Å². The lowest BCUT2D eigenvalue weighted by atomic mass is 9.96. The number of carbonyl (C=O) groups excluding carboxylic acids is 1. The molecule has 0 amide bonds. The lowest BCUT2D eigenvalue weighted by Crippen LogP contribution is -2.35. The van der Waals surface area contributed by atoms with Gasteiger partial charge in [-0.1, -0.05) is 29.8 Å². The zero-order chi connectivity index (χ0) is 15.1. The van der Waals surface area contributed by atoms with Crippen molar-refractivity contribution in [3.63, 3.8) is 0 Å². The van der Waals surface area contributed by atoms with Crippen LogP contribution < -0.4 is 4.90 Å². The van der Waals surface area contributed by atoms with Gasteiger partial charge in [0.1, 0.15) is 0 Å². The maximum Gasteiger partial charge on any atom is 0.342 e. The van der Waals surface area contributed by atoms with Crippen molar-refractivity contribution in [1.29, 1.82) is 0 Å². The van der Waals surface area contributed by atoms with Crippen molar-refractivity contribution >= 4 is 11.7 Å². The summed E-state index contributed by atoms with van der Waals surface area (Å²) < 4.78 is 5.70. The smallest absolute Gasteiger partial charge is 0.342 e. The summed E-state index contributed by atoms with van der Waals surface area (Å²) in [6.07, 6.45) is -0.368. The van der Waals surface area contributed by atoms with Gasteiger partial charge in [0.05, 0.1) is 11.3 Å². The van der Waals surface area contributed by atoms with Crippen LogP contribution in [0, 0.1) is 20.8 Å². The quantitative estimate of drug-likeness (QED) is 0.742. The SMILES string of the molecule is Cc1cc(C)c(C2OC(=O)c3ccccc3N2C)c(C)c1. The summed E-state index contributed by atoms with van der Waals surface area (Å²) in [5.74, 6) is -0.256. The summed E-state index contributed by atoms with van der Waals surface area (Å²) in [6, 6.07) is 11.8. The first-order chi connectivity index (χ1) is 9.99. The molecular weight excluding hydrogens is 262 g/mol. The van der Waals surface area contributed by atoms with E-state index < -0.39 is 0 Å². The second-order valence-corrected chi connectivity index (χ2v) is 5.70. The number of nitrogens with zero attached hydrogens (tertiary/aromatic N) is 1. The molecule has 3 rings (SSSR count). The van der Waals surface area contributed by atoms with Gasteiger partial charge >= 0.3 is 5.97 Å². The lowest BCUT2D eigenvalue weighted by Gasteiger charge is -2.36. The van der Waals surface area contributed by atoms with E-state index in [1.165, 1.54) is 5.56 Å². The topological polar surface area (TPSA) is 29.5 Å². The number of carbonyl (C=O) groups is 1. The number of cyclic esters (lactones) is 1. The fourth-order valence-corrected chi connectivity index (χ4v) is 3.16. The van der Waals surface area contributed by atoms with Crippen LogP contribution in [-0.4, -0.2) is 13.0 Å². The molecule has 1 aliphatic rings. The van der Waals surface area contributed by atoms with E-state index in [0.717, 1.165) is 22.4 Å². The van der Waals surface area contributed by atoms with Crippen LogP contribution in [0.1, 0.15) is 38.8 Å². The molecule has 0 aliphatic carbocycles.